The molecule has 3 heteroatoms. The number of hydrogen-bond donors (Lipinski definition) is 1. The monoisotopic (exact) mass is 232 g/mol. The largest absolute Gasteiger partial charge is 0.341 e. The molecule has 0 unspecified atom stereocenters. The smallest absolute Gasteiger partial charge is 0.242 e. The number of nitrogens with zero attached hydrogens (tertiary/aromatic N) is 1. The summed E-state index contributed by atoms with van der Waals surface area (Å²) >= 11 is 0. The lowest BCUT2D eigenvalue weighted by Gasteiger charge is -2.38. The van der Waals surface area contributed by atoms with Crippen molar-refractivity contribution in [2.45, 2.75) is 31.7 Å². The van der Waals surface area contributed by atoms with E-state index in [1.165, 1.54) is 0 Å². The molecule has 2 rings (SSSR count). The minimum atomic E-state index is -0.699. The fourth-order valence-corrected chi connectivity index (χ4v) is 2.53. The van der Waals surface area contributed by atoms with Gasteiger partial charge in [-0.25, -0.2) is 0 Å². The molecular formula is C14H20N2O. The van der Waals surface area contributed by atoms with Crippen molar-refractivity contribution in [3.63, 3.8) is 0 Å². The van der Waals surface area contributed by atoms with E-state index in [1.54, 1.807) is 0 Å². The van der Waals surface area contributed by atoms with E-state index >= 15 is 0 Å². The molecule has 0 saturated carbocycles. The fraction of sp³-hybridized carbons (Fsp3) is 0.500. The van der Waals surface area contributed by atoms with Gasteiger partial charge in [-0.15, -0.1) is 0 Å². The first kappa shape index (κ1) is 12.1. The first-order chi connectivity index (χ1) is 8.15. The van der Waals surface area contributed by atoms with Crippen LogP contribution in [0.3, 0.4) is 0 Å². The second-order valence-corrected chi connectivity index (χ2v) is 4.81. The highest BCUT2D eigenvalue weighted by molar-refractivity contribution is 5.87. The molecule has 0 radical (unpaired) electrons. The number of carbonyl (C=O) groups excluding carboxylic acids is 1. The van der Waals surface area contributed by atoms with Crippen LogP contribution < -0.4 is 5.73 Å². The van der Waals surface area contributed by atoms with Crippen molar-refractivity contribution in [3.8, 4) is 0 Å². The second kappa shape index (κ2) is 4.88. The topological polar surface area (TPSA) is 46.3 Å². The van der Waals surface area contributed by atoms with Crippen LogP contribution in [0.15, 0.2) is 30.3 Å². The first-order valence-corrected chi connectivity index (χ1v) is 6.28. The number of carbonyl (C=O) groups is 1. The zero-order valence-electron chi connectivity index (χ0n) is 10.4. The molecule has 0 bridgehead atoms. The number of likely N-dealkylation sites (tertiary alicyclic amines) is 1. The summed E-state index contributed by atoms with van der Waals surface area (Å²) in [6.07, 6.45) is 2.43. The predicted molar refractivity (Wildman–Crippen MR) is 68.6 cm³/mol. The van der Waals surface area contributed by atoms with E-state index in [0.717, 1.165) is 31.5 Å². The van der Waals surface area contributed by atoms with Crippen molar-refractivity contribution in [2.24, 2.45) is 5.73 Å². The fourth-order valence-electron chi connectivity index (χ4n) is 2.53. The Labute approximate surface area is 103 Å². The van der Waals surface area contributed by atoms with E-state index in [2.05, 4.69) is 0 Å². The van der Waals surface area contributed by atoms with Crippen LogP contribution in [0, 0.1) is 0 Å². The molecule has 92 valence electrons. The lowest BCUT2D eigenvalue weighted by molar-refractivity contribution is -0.139. The van der Waals surface area contributed by atoms with Crippen molar-refractivity contribution in [1.82, 2.24) is 4.90 Å². The maximum absolute atomic E-state index is 12.3. The third-order valence-corrected chi connectivity index (χ3v) is 3.51. The number of benzene rings is 1. The van der Waals surface area contributed by atoms with Gasteiger partial charge in [0.2, 0.25) is 5.91 Å². The van der Waals surface area contributed by atoms with Gasteiger partial charge < -0.3 is 10.6 Å². The van der Waals surface area contributed by atoms with Crippen LogP contribution in [0.1, 0.15) is 25.3 Å². The Balaban J connectivity index is 2.15. The molecule has 1 aromatic carbocycles. The van der Waals surface area contributed by atoms with Crippen LogP contribution in [0.25, 0.3) is 0 Å². The molecule has 1 saturated heterocycles. The highest BCUT2D eigenvalue weighted by atomic mass is 16.2. The molecule has 1 aliphatic rings. The lowest BCUT2D eigenvalue weighted by Crippen LogP contribution is -2.60. The van der Waals surface area contributed by atoms with Crippen LogP contribution >= 0.6 is 0 Å². The Hall–Kier alpha value is -1.35. The standard InChI is InChI=1S/C14H20N2O/c1-2-16-10-6-9-14(15,13(16)17)11-12-7-4-3-5-8-12/h3-5,7-8H,2,6,9-11,15H2,1H3/t14-/m0/s1. The van der Waals surface area contributed by atoms with Gasteiger partial charge >= 0.3 is 0 Å². The summed E-state index contributed by atoms with van der Waals surface area (Å²) in [5, 5.41) is 0. The van der Waals surface area contributed by atoms with E-state index in [4.69, 9.17) is 5.73 Å². The van der Waals surface area contributed by atoms with Gasteiger partial charge in [0.25, 0.3) is 0 Å². The van der Waals surface area contributed by atoms with Crippen molar-refractivity contribution >= 4 is 5.91 Å². The Kier molecular flexibility index (Phi) is 3.48. The van der Waals surface area contributed by atoms with Gasteiger partial charge in [0, 0.05) is 13.1 Å². The zero-order chi connectivity index (χ0) is 12.3. The number of piperidine rings is 1. The summed E-state index contributed by atoms with van der Waals surface area (Å²) < 4.78 is 0. The van der Waals surface area contributed by atoms with Crippen molar-refractivity contribution in [3.05, 3.63) is 35.9 Å². The van der Waals surface area contributed by atoms with Gasteiger partial charge in [-0.3, -0.25) is 4.79 Å². The molecule has 1 aliphatic heterocycles. The van der Waals surface area contributed by atoms with Gasteiger partial charge in [0.05, 0.1) is 5.54 Å². The summed E-state index contributed by atoms with van der Waals surface area (Å²) in [5.74, 6) is 0.107. The van der Waals surface area contributed by atoms with Crippen molar-refractivity contribution < 1.29 is 4.79 Å². The average Bonchev–Trinajstić information content (AvgIpc) is 2.34. The Morgan fingerprint density at radius 3 is 2.71 bits per heavy atom. The number of amides is 1. The molecule has 0 aromatic heterocycles. The molecule has 1 heterocycles. The van der Waals surface area contributed by atoms with Crippen LogP contribution in [-0.2, 0) is 11.2 Å². The Morgan fingerprint density at radius 2 is 2.06 bits per heavy atom. The van der Waals surface area contributed by atoms with Crippen molar-refractivity contribution in [1.29, 1.82) is 0 Å². The minimum Gasteiger partial charge on any atom is -0.341 e. The lowest BCUT2D eigenvalue weighted by atomic mass is 9.83. The van der Waals surface area contributed by atoms with Crippen LogP contribution in [0.2, 0.25) is 0 Å². The molecule has 2 N–H and O–H groups in total. The molecule has 1 fully saturated rings. The second-order valence-electron chi connectivity index (χ2n) is 4.81. The van der Waals surface area contributed by atoms with Crippen LogP contribution in [0.5, 0.6) is 0 Å². The average molecular weight is 232 g/mol. The number of hydrogen-bond acceptors (Lipinski definition) is 2. The third-order valence-electron chi connectivity index (χ3n) is 3.51. The van der Waals surface area contributed by atoms with Gasteiger partial charge in [-0.2, -0.15) is 0 Å². The highest BCUT2D eigenvalue weighted by Gasteiger charge is 2.39. The normalized spacial score (nSPS) is 25.1. The molecule has 0 aliphatic carbocycles. The van der Waals surface area contributed by atoms with E-state index in [0.29, 0.717) is 6.42 Å². The predicted octanol–water partition coefficient (Wildman–Crippen LogP) is 1.57. The highest BCUT2D eigenvalue weighted by Crippen LogP contribution is 2.24. The summed E-state index contributed by atoms with van der Waals surface area (Å²) in [5.41, 5.74) is 6.75. The third kappa shape index (κ3) is 2.50. The van der Waals surface area contributed by atoms with Gasteiger partial charge in [0.1, 0.15) is 0 Å². The number of rotatable bonds is 3. The first-order valence-electron chi connectivity index (χ1n) is 6.28. The van der Waals surface area contributed by atoms with E-state index < -0.39 is 5.54 Å². The zero-order valence-corrected chi connectivity index (χ0v) is 10.4. The molecule has 0 spiro atoms. The summed E-state index contributed by atoms with van der Waals surface area (Å²) in [6.45, 7) is 3.61. The molecular weight excluding hydrogens is 212 g/mol. The van der Waals surface area contributed by atoms with Gasteiger partial charge in [-0.05, 0) is 31.7 Å². The molecule has 1 aromatic rings. The molecule has 17 heavy (non-hydrogen) atoms. The van der Waals surface area contributed by atoms with Crippen LogP contribution in [-0.4, -0.2) is 29.4 Å². The maximum atomic E-state index is 12.3. The summed E-state index contributed by atoms with van der Waals surface area (Å²) in [6, 6.07) is 10.0. The summed E-state index contributed by atoms with van der Waals surface area (Å²) in [4.78, 5) is 14.2. The van der Waals surface area contributed by atoms with Crippen molar-refractivity contribution in [2.75, 3.05) is 13.1 Å². The van der Waals surface area contributed by atoms with Gasteiger partial charge in [0.15, 0.2) is 0 Å². The SMILES string of the molecule is CCN1CCC[C@](N)(Cc2ccccc2)C1=O. The molecule has 1 amide bonds. The Bertz CT molecular complexity index is 390. The van der Waals surface area contributed by atoms with Crippen LogP contribution in [0.4, 0.5) is 0 Å². The number of likely N-dealkylation sites (N-methyl/N-ethyl adjacent to an activating group) is 1. The maximum Gasteiger partial charge on any atom is 0.242 e. The summed E-state index contributed by atoms with van der Waals surface area (Å²) in [7, 11) is 0. The minimum absolute atomic E-state index is 0.107. The van der Waals surface area contributed by atoms with E-state index in [1.807, 2.05) is 42.2 Å². The molecule has 3 nitrogen and oxygen atoms in total. The van der Waals surface area contributed by atoms with E-state index in [-0.39, 0.29) is 5.91 Å². The quantitative estimate of drug-likeness (QED) is 0.860. The molecule has 1 atom stereocenters. The number of nitrogens with two attached hydrogens (primary N) is 1. The van der Waals surface area contributed by atoms with E-state index in [9.17, 15) is 4.79 Å². The van der Waals surface area contributed by atoms with Gasteiger partial charge in [-0.1, -0.05) is 30.3 Å². The Morgan fingerprint density at radius 1 is 1.35 bits per heavy atom.